The largest absolute Gasteiger partial charge is 0.437 e. The van der Waals surface area contributed by atoms with Crippen molar-refractivity contribution < 1.29 is 17.8 Å². The minimum atomic E-state index is -2.12. The van der Waals surface area contributed by atoms with Crippen LogP contribution < -0.4 is 5.73 Å². The van der Waals surface area contributed by atoms with E-state index in [1.807, 2.05) is 11.2 Å². The van der Waals surface area contributed by atoms with E-state index in [2.05, 4.69) is 52.8 Å². The Bertz CT molecular complexity index is 838. The van der Waals surface area contributed by atoms with Crippen LogP contribution in [-0.4, -0.2) is 66.5 Å². The zero-order valence-corrected chi connectivity index (χ0v) is 39.5. The van der Waals surface area contributed by atoms with Crippen LogP contribution >= 0.6 is 11.8 Å². The average Bonchev–Trinajstić information content (AvgIpc) is 3.02. The van der Waals surface area contributed by atoms with Gasteiger partial charge in [-0.1, -0.05) is 148 Å². The van der Waals surface area contributed by atoms with E-state index < -0.39 is 31.2 Å². The Kier molecular flexibility index (Phi) is 31.0. The fraction of sp³-hybridized carbons (Fsp3) is 0.951. The molecule has 0 aromatic rings. The van der Waals surface area contributed by atoms with Gasteiger partial charge in [0.05, 0.1) is 0 Å². The number of amides is 2. The predicted molar refractivity (Wildman–Crippen MR) is 234 cm³/mol. The maximum Gasteiger partial charge on any atom is 0.314 e. The number of hydrogen-bond acceptors (Lipinski definition) is 5. The lowest BCUT2D eigenvalue weighted by Crippen LogP contribution is -2.52. The van der Waals surface area contributed by atoms with Gasteiger partial charge in [0.2, 0.25) is 11.8 Å². The number of hydrogen-bond donors (Lipinski definition) is 1. The maximum absolute atomic E-state index is 13.4. The molecule has 0 aromatic carbocycles. The highest BCUT2D eigenvalue weighted by atomic mass is 32.2. The quantitative estimate of drug-likeness (QED) is 0.0501. The van der Waals surface area contributed by atoms with Gasteiger partial charge in [-0.2, -0.15) is 11.8 Å². The van der Waals surface area contributed by atoms with Crippen LogP contribution in [0.2, 0.25) is 51.9 Å². The van der Waals surface area contributed by atoms with Crippen molar-refractivity contribution in [3.8, 4) is 0 Å². The van der Waals surface area contributed by atoms with Crippen molar-refractivity contribution in [3.63, 3.8) is 0 Å². The zero-order chi connectivity index (χ0) is 38.4. The fourth-order valence-electron chi connectivity index (χ4n) is 7.31. The third-order valence-electron chi connectivity index (χ3n) is 9.69. The summed E-state index contributed by atoms with van der Waals surface area (Å²) >= 11 is 1.71. The molecule has 0 aliphatic rings. The molecule has 2 amide bonds. The van der Waals surface area contributed by atoms with Gasteiger partial charge in [0.15, 0.2) is 16.6 Å². The molecule has 51 heavy (non-hydrogen) atoms. The van der Waals surface area contributed by atoms with Crippen LogP contribution in [0.25, 0.3) is 0 Å². The topological polar surface area (TPSA) is 81.9 Å². The van der Waals surface area contributed by atoms with Gasteiger partial charge in [-0.15, -0.1) is 0 Å². The summed E-state index contributed by atoms with van der Waals surface area (Å²) in [6.07, 6.45) is 33.8. The molecule has 0 aliphatic carbocycles. The van der Waals surface area contributed by atoms with E-state index in [1.165, 1.54) is 128 Å². The minimum absolute atomic E-state index is 0.120. The van der Waals surface area contributed by atoms with Crippen molar-refractivity contribution >= 4 is 48.8 Å². The lowest BCUT2D eigenvalue weighted by atomic mass is 10.0. The molecular formula is C41H88N2O4SSi3. The van der Waals surface area contributed by atoms with Crippen molar-refractivity contribution in [2.75, 3.05) is 18.6 Å². The molecule has 0 fully saturated rings. The molecule has 0 rings (SSSR count). The first-order valence-corrected chi connectivity index (χ1v) is 32.4. The van der Waals surface area contributed by atoms with Crippen molar-refractivity contribution in [3.05, 3.63) is 0 Å². The highest BCUT2D eigenvalue weighted by Gasteiger charge is 2.39. The first-order chi connectivity index (χ1) is 24.1. The molecule has 10 heteroatoms. The molecule has 0 saturated heterocycles. The summed E-state index contributed by atoms with van der Waals surface area (Å²) in [7, 11) is -5.39. The standard InChI is InChI=1S/C41H88N2O4SSi3/c1-10-11-12-13-14-15-16-17-18-19-20-21-23-26-29-32-36-43(39(41(42)45)35-37-48-2)40(44)34-31-28-25-22-24-27-30-33-38-51(9,46-49(3,4)5)47-50(6,7)8/h39H,10-38H2,1-9H3,(H2,42,45). The lowest BCUT2D eigenvalue weighted by molar-refractivity contribution is -0.139. The maximum atomic E-state index is 13.4. The number of unbranched alkanes of at least 4 members (excludes halogenated alkanes) is 22. The second-order valence-electron chi connectivity index (χ2n) is 17.5. The first kappa shape index (κ1) is 50.9. The number of thioether (sulfide) groups is 1. The summed E-state index contributed by atoms with van der Waals surface area (Å²) in [6.45, 7) is 18.9. The van der Waals surface area contributed by atoms with E-state index >= 15 is 0 Å². The highest BCUT2D eigenvalue weighted by Crippen LogP contribution is 2.27. The third-order valence-corrected chi connectivity index (χ3v) is 19.9. The van der Waals surface area contributed by atoms with Crippen LogP contribution in [-0.2, 0) is 17.8 Å². The van der Waals surface area contributed by atoms with E-state index in [0.717, 1.165) is 37.5 Å². The Morgan fingerprint density at radius 1 is 0.588 bits per heavy atom. The summed E-state index contributed by atoms with van der Waals surface area (Å²) in [6, 6.07) is 0.626. The van der Waals surface area contributed by atoms with Crippen LogP contribution in [0.1, 0.15) is 174 Å². The number of carbonyl (C=O) groups excluding carboxylic acids is 2. The Labute approximate surface area is 326 Å². The molecule has 1 atom stereocenters. The molecule has 0 heterocycles. The molecule has 0 aromatic heterocycles. The second-order valence-corrected chi connectivity index (χ2v) is 31.3. The van der Waals surface area contributed by atoms with Crippen molar-refractivity contribution in [2.24, 2.45) is 5.73 Å². The molecule has 6 nitrogen and oxygen atoms in total. The van der Waals surface area contributed by atoms with Crippen molar-refractivity contribution in [1.29, 1.82) is 0 Å². The van der Waals surface area contributed by atoms with E-state index in [1.54, 1.807) is 11.8 Å². The molecule has 2 N–H and O–H groups in total. The molecule has 0 aliphatic heterocycles. The molecule has 0 bridgehead atoms. The van der Waals surface area contributed by atoms with Gasteiger partial charge >= 0.3 is 8.56 Å². The van der Waals surface area contributed by atoms with E-state index in [4.69, 9.17) is 14.0 Å². The molecular weight excluding hydrogens is 701 g/mol. The molecule has 0 saturated carbocycles. The van der Waals surface area contributed by atoms with Gasteiger partial charge < -0.3 is 18.9 Å². The van der Waals surface area contributed by atoms with Gasteiger partial charge in [0.1, 0.15) is 6.04 Å². The molecule has 1 unspecified atom stereocenters. The van der Waals surface area contributed by atoms with E-state index in [0.29, 0.717) is 19.4 Å². The Hall–Kier alpha value is -0.139. The summed E-state index contributed by atoms with van der Waals surface area (Å²) in [5, 5.41) is 0. The van der Waals surface area contributed by atoms with Crippen LogP contribution in [0.4, 0.5) is 0 Å². The van der Waals surface area contributed by atoms with Gasteiger partial charge in [-0.3, -0.25) is 9.59 Å². The fourth-order valence-corrected chi connectivity index (χ4v) is 20.4. The number of primary amides is 1. The smallest absolute Gasteiger partial charge is 0.314 e. The number of carbonyl (C=O) groups is 2. The monoisotopic (exact) mass is 789 g/mol. The summed E-state index contributed by atoms with van der Waals surface area (Å²) in [4.78, 5) is 27.7. The van der Waals surface area contributed by atoms with Crippen molar-refractivity contribution in [2.45, 2.75) is 232 Å². The van der Waals surface area contributed by atoms with Gasteiger partial charge in [0.25, 0.3) is 0 Å². The highest BCUT2D eigenvalue weighted by molar-refractivity contribution is 7.98. The predicted octanol–water partition coefficient (Wildman–Crippen LogP) is 13.0. The average molecular weight is 789 g/mol. The normalized spacial score (nSPS) is 13.1. The second kappa shape index (κ2) is 31.1. The number of nitrogens with zero attached hydrogens (tertiary/aromatic N) is 1. The van der Waals surface area contributed by atoms with Crippen molar-refractivity contribution in [1.82, 2.24) is 4.90 Å². The number of rotatable bonds is 37. The van der Waals surface area contributed by atoms with E-state index in [-0.39, 0.29) is 11.8 Å². The number of nitrogens with two attached hydrogens (primary N) is 1. The molecule has 0 radical (unpaired) electrons. The summed E-state index contributed by atoms with van der Waals surface area (Å²) < 4.78 is 13.3. The lowest BCUT2D eigenvalue weighted by Gasteiger charge is -2.38. The Morgan fingerprint density at radius 3 is 1.33 bits per heavy atom. The van der Waals surface area contributed by atoms with Crippen LogP contribution in [0.3, 0.4) is 0 Å². The molecule has 304 valence electrons. The zero-order valence-electron chi connectivity index (χ0n) is 35.6. The third kappa shape index (κ3) is 31.9. The van der Waals surface area contributed by atoms with Gasteiger partial charge in [0, 0.05) is 13.0 Å². The Balaban J connectivity index is 4.33. The summed E-state index contributed by atoms with van der Waals surface area (Å²) in [5.41, 5.74) is 5.85. The SMILES string of the molecule is CCCCCCCCCCCCCCCCCCN(C(=O)CCCCCCCCCC[Si](C)(O[Si](C)(C)C)O[Si](C)(C)C)C(CCSC)C(N)=O. The van der Waals surface area contributed by atoms with Gasteiger partial charge in [-0.05, 0) is 83.1 Å². The Morgan fingerprint density at radius 2 is 0.961 bits per heavy atom. The van der Waals surface area contributed by atoms with Gasteiger partial charge in [-0.25, -0.2) is 0 Å². The summed E-state index contributed by atoms with van der Waals surface area (Å²) in [5.74, 6) is 0.610. The first-order valence-electron chi connectivity index (χ1n) is 21.6. The van der Waals surface area contributed by atoms with Crippen LogP contribution in [0, 0.1) is 0 Å². The molecule has 0 spiro atoms. The van der Waals surface area contributed by atoms with E-state index in [9.17, 15) is 9.59 Å². The minimum Gasteiger partial charge on any atom is -0.437 e. The van der Waals surface area contributed by atoms with Crippen LogP contribution in [0.5, 0.6) is 0 Å². The van der Waals surface area contributed by atoms with Crippen LogP contribution in [0.15, 0.2) is 0 Å².